The Bertz CT molecular complexity index is 674. The molecular formula is C18H24F3N3O5. The second-order valence-electron chi connectivity index (χ2n) is 6.63. The molecule has 11 heteroatoms. The van der Waals surface area contributed by atoms with Crippen molar-refractivity contribution in [3.63, 3.8) is 0 Å². The third kappa shape index (κ3) is 6.86. The highest BCUT2D eigenvalue weighted by molar-refractivity contribution is 5.77. The minimum atomic E-state index is -5.08. The van der Waals surface area contributed by atoms with Gasteiger partial charge >= 0.3 is 12.1 Å². The molecule has 8 nitrogen and oxygen atoms in total. The molecule has 0 spiro atoms. The fourth-order valence-corrected chi connectivity index (χ4v) is 3.20. The van der Waals surface area contributed by atoms with Gasteiger partial charge in [0.25, 0.3) is 0 Å². The molecular weight excluding hydrogens is 395 g/mol. The second kappa shape index (κ2) is 10.4. The third-order valence-electron chi connectivity index (χ3n) is 4.67. The highest BCUT2D eigenvalue weighted by Crippen LogP contribution is 2.33. The topological polar surface area (TPSA) is 101 Å². The van der Waals surface area contributed by atoms with Crippen molar-refractivity contribution in [2.75, 3.05) is 44.8 Å². The van der Waals surface area contributed by atoms with Crippen LogP contribution in [0.3, 0.4) is 0 Å². The highest BCUT2D eigenvalue weighted by Gasteiger charge is 2.44. The highest BCUT2D eigenvalue weighted by atomic mass is 19.4. The maximum atomic E-state index is 12.0. The maximum Gasteiger partial charge on any atom is 0.490 e. The Kier molecular flexibility index (Phi) is 8.21. The van der Waals surface area contributed by atoms with Gasteiger partial charge < -0.3 is 24.8 Å². The number of carbonyl (C=O) groups is 2. The zero-order valence-electron chi connectivity index (χ0n) is 15.9. The van der Waals surface area contributed by atoms with Crippen LogP contribution in [0.25, 0.3) is 0 Å². The van der Waals surface area contributed by atoms with Gasteiger partial charge in [0, 0.05) is 44.3 Å². The Labute approximate surface area is 166 Å². The molecule has 0 bridgehead atoms. The summed E-state index contributed by atoms with van der Waals surface area (Å²) in [7, 11) is 0. The van der Waals surface area contributed by atoms with E-state index >= 15 is 0 Å². The lowest BCUT2D eigenvalue weighted by Crippen LogP contribution is -2.34. The van der Waals surface area contributed by atoms with E-state index in [2.05, 4.69) is 10.3 Å². The smallest absolute Gasteiger partial charge is 0.475 e. The van der Waals surface area contributed by atoms with E-state index in [9.17, 15) is 18.0 Å². The maximum absolute atomic E-state index is 12.0. The summed E-state index contributed by atoms with van der Waals surface area (Å²) < 4.78 is 42.8. The molecule has 1 aromatic heterocycles. The molecule has 29 heavy (non-hydrogen) atoms. The number of carbonyl (C=O) groups excluding carboxylic acids is 1. The van der Waals surface area contributed by atoms with Gasteiger partial charge in [-0.05, 0) is 19.1 Å². The van der Waals surface area contributed by atoms with Gasteiger partial charge in [0.1, 0.15) is 12.4 Å². The molecule has 2 saturated heterocycles. The average molecular weight is 419 g/mol. The SMILES string of the molecule is CCOCC(=O)N1C[C@@H]2[C@@H](CNc3ccccn3)CO[C@@H]2C1.O=C(O)C(F)(F)F. The van der Waals surface area contributed by atoms with E-state index in [-0.39, 0.29) is 18.6 Å². The fourth-order valence-electron chi connectivity index (χ4n) is 3.20. The molecule has 3 atom stereocenters. The molecule has 3 heterocycles. The summed E-state index contributed by atoms with van der Waals surface area (Å²) in [6, 6.07) is 5.82. The number of hydrogen-bond acceptors (Lipinski definition) is 6. The molecule has 2 aliphatic heterocycles. The Hall–Kier alpha value is -2.40. The first-order valence-corrected chi connectivity index (χ1v) is 9.14. The first-order valence-electron chi connectivity index (χ1n) is 9.14. The minimum Gasteiger partial charge on any atom is -0.475 e. The predicted molar refractivity (Wildman–Crippen MR) is 96.2 cm³/mol. The lowest BCUT2D eigenvalue weighted by Gasteiger charge is -2.20. The van der Waals surface area contributed by atoms with Crippen LogP contribution in [0, 0.1) is 11.8 Å². The first-order chi connectivity index (χ1) is 13.7. The van der Waals surface area contributed by atoms with Crippen LogP contribution in [0.1, 0.15) is 6.92 Å². The Morgan fingerprint density at radius 1 is 1.38 bits per heavy atom. The van der Waals surface area contributed by atoms with Crippen molar-refractivity contribution < 1.29 is 37.3 Å². The van der Waals surface area contributed by atoms with Crippen LogP contribution in [0.15, 0.2) is 24.4 Å². The number of carboxylic acid groups (broad SMARTS) is 1. The Morgan fingerprint density at radius 2 is 2.10 bits per heavy atom. The summed E-state index contributed by atoms with van der Waals surface area (Å²) in [6.07, 6.45) is -3.14. The summed E-state index contributed by atoms with van der Waals surface area (Å²) in [5, 5.41) is 10.5. The van der Waals surface area contributed by atoms with Crippen molar-refractivity contribution in [3.8, 4) is 0 Å². The fraction of sp³-hybridized carbons (Fsp3) is 0.611. The van der Waals surface area contributed by atoms with Crippen molar-refractivity contribution in [1.82, 2.24) is 9.88 Å². The number of rotatable bonds is 6. The minimum absolute atomic E-state index is 0.0660. The van der Waals surface area contributed by atoms with Crippen LogP contribution in [-0.2, 0) is 19.1 Å². The number of hydrogen-bond donors (Lipinski definition) is 2. The van der Waals surface area contributed by atoms with E-state index < -0.39 is 12.1 Å². The molecule has 0 aliphatic carbocycles. The summed E-state index contributed by atoms with van der Waals surface area (Å²) in [4.78, 5) is 27.1. The number of anilines is 1. The van der Waals surface area contributed by atoms with Crippen LogP contribution < -0.4 is 5.32 Å². The zero-order valence-corrected chi connectivity index (χ0v) is 15.9. The summed E-state index contributed by atoms with van der Waals surface area (Å²) in [5.74, 6) is -0.990. The van der Waals surface area contributed by atoms with Gasteiger partial charge in [0.05, 0.1) is 12.7 Å². The average Bonchev–Trinajstić information content (AvgIpc) is 3.26. The van der Waals surface area contributed by atoms with E-state index in [0.717, 1.165) is 25.5 Å². The number of aliphatic carboxylic acids is 1. The summed E-state index contributed by atoms with van der Waals surface area (Å²) in [5.41, 5.74) is 0. The molecule has 2 fully saturated rings. The van der Waals surface area contributed by atoms with Crippen LogP contribution in [0.2, 0.25) is 0 Å². The third-order valence-corrected chi connectivity index (χ3v) is 4.67. The predicted octanol–water partition coefficient (Wildman–Crippen LogP) is 1.64. The monoisotopic (exact) mass is 419 g/mol. The number of carboxylic acids is 1. The lowest BCUT2D eigenvalue weighted by atomic mass is 9.93. The van der Waals surface area contributed by atoms with Gasteiger partial charge in [-0.2, -0.15) is 13.2 Å². The standard InChI is InChI=1S/C16H23N3O3.C2HF3O2/c1-2-21-11-16(20)19-8-13-12(10-22-14(13)9-19)7-18-15-5-3-4-6-17-15;3-2(4,5)1(6)7/h3-6,12-14H,2,7-11H2,1H3,(H,17,18);(H,6,7)/t12-,13+,14+;/m0./s1. The van der Waals surface area contributed by atoms with E-state index in [4.69, 9.17) is 19.4 Å². The molecule has 0 aromatic carbocycles. The number of ether oxygens (including phenoxy) is 2. The molecule has 0 saturated carbocycles. The molecule has 0 radical (unpaired) electrons. The lowest BCUT2D eigenvalue weighted by molar-refractivity contribution is -0.192. The van der Waals surface area contributed by atoms with Gasteiger partial charge in [-0.25, -0.2) is 9.78 Å². The number of nitrogens with zero attached hydrogens (tertiary/aromatic N) is 2. The van der Waals surface area contributed by atoms with Crippen molar-refractivity contribution in [2.24, 2.45) is 11.8 Å². The Balaban J connectivity index is 0.000000370. The van der Waals surface area contributed by atoms with Crippen molar-refractivity contribution in [1.29, 1.82) is 0 Å². The van der Waals surface area contributed by atoms with Crippen molar-refractivity contribution in [3.05, 3.63) is 24.4 Å². The van der Waals surface area contributed by atoms with E-state index in [1.807, 2.05) is 30.0 Å². The molecule has 1 aromatic rings. The quantitative estimate of drug-likeness (QED) is 0.723. The number of alkyl halides is 3. The molecule has 2 aliphatic rings. The number of likely N-dealkylation sites (tertiary alicyclic amines) is 1. The molecule has 1 amide bonds. The number of halogens is 3. The van der Waals surface area contributed by atoms with E-state index in [1.54, 1.807) is 6.20 Å². The zero-order chi connectivity index (χ0) is 21.4. The van der Waals surface area contributed by atoms with Gasteiger partial charge in [-0.15, -0.1) is 0 Å². The van der Waals surface area contributed by atoms with Gasteiger partial charge in [0.15, 0.2) is 0 Å². The molecule has 0 unspecified atom stereocenters. The van der Waals surface area contributed by atoms with Crippen molar-refractivity contribution in [2.45, 2.75) is 19.2 Å². The van der Waals surface area contributed by atoms with Crippen LogP contribution in [-0.4, -0.2) is 78.6 Å². The number of pyridine rings is 1. The number of fused-ring (bicyclic) bond motifs is 1. The van der Waals surface area contributed by atoms with Gasteiger partial charge in [-0.3, -0.25) is 4.79 Å². The number of aromatic nitrogens is 1. The second-order valence-corrected chi connectivity index (χ2v) is 6.63. The normalized spacial score (nSPS) is 23.2. The summed E-state index contributed by atoms with van der Waals surface area (Å²) >= 11 is 0. The largest absolute Gasteiger partial charge is 0.490 e. The number of amides is 1. The van der Waals surface area contributed by atoms with Crippen LogP contribution in [0.5, 0.6) is 0 Å². The van der Waals surface area contributed by atoms with E-state index in [0.29, 0.717) is 25.0 Å². The van der Waals surface area contributed by atoms with Crippen LogP contribution in [0.4, 0.5) is 19.0 Å². The Morgan fingerprint density at radius 3 is 2.69 bits per heavy atom. The number of nitrogens with one attached hydrogen (secondary N) is 1. The van der Waals surface area contributed by atoms with Crippen molar-refractivity contribution >= 4 is 17.7 Å². The first kappa shape index (κ1) is 22.9. The molecule has 2 N–H and O–H groups in total. The summed E-state index contributed by atoms with van der Waals surface area (Å²) in [6.45, 7) is 5.68. The van der Waals surface area contributed by atoms with Gasteiger partial charge in [0.2, 0.25) is 5.91 Å². The molecule has 162 valence electrons. The van der Waals surface area contributed by atoms with E-state index in [1.165, 1.54) is 0 Å². The van der Waals surface area contributed by atoms with Gasteiger partial charge in [-0.1, -0.05) is 6.07 Å². The van der Waals surface area contributed by atoms with Crippen LogP contribution >= 0.6 is 0 Å². The molecule has 3 rings (SSSR count).